The Morgan fingerprint density at radius 3 is 2.28 bits per heavy atom. The lowest BCUT2D eigenvalue weighted by Crippen LogP contribution is -2.09. The van der Waals surface area contributed by atoms with E-state index in [1.165, 1.54) is 37.7 Å². The Kier molecular flexibility index (Phi) is 7.32. The first-order chi connectivity index (χ1) is 15.4. The van der Waals surface area contributed by atoms with Crippen molar-refractivity contribution in [3.05, 3.63) is 46.8 Å². The summed E-state index contributed by atoms with van der Waals surface area (Å²) in [5.41, 5.74) is 1.67. The van der Waals surface area contributed by atoms with Gasteiger partial charge in [0, 0.05) is 16.5 Å². The van der Waals surface area contributed by atoms with E-state index >= 15 is 0 Å². The zero-order chi connectivity index (χ0) is 23.3. The van der Waals surface area contributed by atoms with Crippen molar-refractivity contribution in [2.24, 2.45) is 0 Å². The Labute approximate surface area is 189 Å². The number of aromatic carboxylic acids is 1. The number of carboxylic acids is 1. The highest BCUT2D eigenvalue weighted by molar-refractivity contribution is 7.13. The summed E-state index contributed by atoms with van der Waals surface area (Å²) >= 11 is 1.39. The molecule has 9 heteroatoms. The molecule has 0 saturated carbocycles. The first-order valence-corrected chi connectivity index (χ1v) is 10.7. The highest BCUT2D eigenvalue weighted by Gasteiger charge is 2.23. The fourth-order valence-electron chi connectivity index (χ4n) is 3.14. The highest BCUT2D eigenvalue weighted by atomic mass is 32.1. The van der Waals surface area contributed by atoms with Crippen LogP contribution in [0.4, 0.5) is 0 Å². The van der Waals surface area contributed by atoms with Gasteiger partial charge in [0.15, 0.2) is 11.5 Å². The summed E-state index contributed by atoms with van der Waals surface area (Å²) in [6, 6.07) is 8.51. The van der Waals surface area contributed by atoms with E-state index in [0.29, 0.717) is 41.0 Å². The predicted molar refractivity (Wildman–Crippen MR) is 120 cm³/mol. The van der Waals surface area contributed by atoms with Gasteiger partial charge in [-0.05, 0) is 44.2 Å². The third kappa shape index (κ3) is 4.67. The molecule has 0 bridgehead atoms. The smallest absolute Gasteiger partial charge is 0.341 e. The van der Waals surface area contributed by atoms with E-state index in [2.05, 4.69) is 4.98 Å². The van der Waals surface area contributed by atoms with Gasteiger partial charge in [0.1, 0.15) is 21.9 Å². The lowest BCUT2D eigenvalue weighted by molar-refractivity contribution is 0.0597. The van der Waals surface area contributed by atoms with Crippen LogP contribution in [-0.4, -0.2) is 49.5 Å². The largest absolute Gasteiger partial charge is 0.495 e. The zero-order valence-electron chi connectivity index (χ0n) is 18.1. The zero-order valence-corrected chi connectivity index (χ0v) is 18.9. The van der Waals surface area contributed by atoms with Crippen molar-refractivity contribution in [2.45, 2.75) is 13.8 Å². The molecule has 0 aliphatic carbocycles. The molecule has 0 amide bonds. The molecule has 2 aromatic carbocycles. The molecule has 0 aliphatic heterocycles. The average molecular weight is 458 g/mol. The molecular weight excluding hydrogens is 434 g/mol. The summed E-state index contributed by atoms with van der Waals surface area (Å²) < 4.78 is 21.3. The van der Waals surface area contributed by atoms with E-state index in [0.717, 1.165) is 5.56 Å². The monoisotopic (exact) mass is 457 g/mol. The number of carboxylic acid groups (broad SMARTS) is 1. The Bertz CT molecular complexity index is 1140. The SMILES string of the molecule is CCOc1ccc(-c2nc(-c3cc(C(=O)O)c(OC)c(C(=O)OC)c3)cs2)cc1OCC. The predicted octanol–water partition coefficient (Wildman–Crippen LogP) is 4.77. The lowest BCUT2D eigenvalue weighted by Gasteiger charge is -2.12. The van der Waals surface area contributed by atoms with Crippen molar-refractivity contribution in [1.29, 1.82) is 0 Å². The van der Waals surface area contributed by atoms with E-state index in [9.17, 15) is 14.7 Å². The minimum absolute atomic E-state index is 0.0131. The van der Waals surface area contributed by atoms with Crippen molar-refractivity contribution < 1.29 is 33.6 Å². The van der Waals surface area contributed by atoms with Gasteiger partial charge in [-0.15, -0.1) is 11.3 Å². The Morgan fingerprint density at radius 1 is 0.969 bits per heavy atom. The summed E-state index contributed by atoms with van der Waals surface area (Å²) in [5.74, 6) is -0.712. The summed E-state index contributed by atoms with van der Waals surface area (Å²) in [7, 11) is 2.52. The fraction of sp³-hybridized carbons (Fsp3) is 0.261. The number of carbonyl (C=O) groups excluding carboxylic acids is 1. The van der Waals surface area contributed by atoms with E-state index in [1.54, 1.807) is 5.38 Å². The molecular formula is C23H23NO7S. The van der Waals surface area contributed by atoms with E-state index in [1.807, 2.05) is 32.0 Å². The van der Waals surface area contributed by atoms with Gasteiger partial charge >= 0.3 is 11.9 Å². The van der Waals surface area contributed by atoms with Crippen molar-refractivity contribution in [1.82, 2.24) is 4.98 Å². The summed E-state index contributed by atoms with van der Waals surface area (Å²) in [6.07, 6.45) is 0. The van der Waals surface area contributed by atoms with Gasteiger partial charge in [0.2, 0.25) is 0 Å². The third-order valence-corrected chi connectivity index (χ3v) is 5.41. The van der Waals surface area contributed by atoms with Crippen molar-refractivity contribution in [3.63, 3.8) is 0 Å². The molecule has 0 spiro atoms. The van der Waals surface area contributed by atoms with Gasteiger partial charge in [-0.1, -0.05) is 0 Å². The van der Waals surface area contributed by atoms with Gasteiger partial charge in [0.25, 0.3) is 0 Å². The molecule has 0 radical (unpaired) electrons. The van der Waals surface area contributed by atoms with Crippen molar-refractivity contribution >= 4 is 23.3 Å². The second kappa shape index (κ2) is 10.1. The van der Waals surface area contributed by atoms with Gasteiger partial charge in [-0.2, -0.15) is 0 Å². The third-order valence-electron chi connectivity index (χ3n) is 4.52. The van der Waals surface area contributed by atoms with Crippen LogP contribution in [0.15, 0.2) is 35.7 Å². The van der Waals surface area contributed by atoms with Crippen molar-refractivity contribution in [3.8, 4) is 39.1 Å². The fourth-order valence-corrected chi connectivity index (χ4v) is 3.97. The highest BCUT2D eigenvalue weighted by Crippen LogP contribution is 2.37. The van der Waals surface area contributed by atoms with E-state index < -0.39 is 11.9 Å². The maximum absolute atomic E-state index is 12.2. The quantitative estimate of drug-likeness (QED) is 0.458. The number of methoxy groups -OCH3 is 2. The van der Waals surface area contributed by atoms with E-state index in [4.69, 9.17) is 18.9 Å². The van der Waals surface area contributed by atoms with Gasteiger partial charge in [0.05, 0.1) is 33.1 Å². The molecule has 0 atom stereocenters. The second-order valence-electron chi connectivity index (χ2n) is 6.47. The number of esters is 1. The first-order valence-electron chi connectivity index (χ1n) is 9.82. The molecule has 3 rings (SSSR count). The number of aromatic nitrogens is 1. The number of ether oxygens (including phenoxy) is 4. The second-order valence-corrected chi connectivity index (χ2v) is 7.32. The maximum atomic E-state index is 12.2. The van der Waals surface area contributed by atoms with E-state index in [-0.39, 0.29) is 16.9 Å². The summed E-state index contributed by atoms with van der Waals surface area (Å²) in [4.78, 5) is 28.6. The van der Waals surface area contributed by atoms with Crippen LogP contribution >= 0.6 is 11.3 Å². The number of rotatable bonds is 9. The Hall–Kier alpha value is -3.59. The number of hydrogen-bond donors (Lipinski definition) is 1. The van der Waals surface area contributed by atoms with Crippen LogP contribution in [-0.2, 0) is 4.74 Å². The Balaban J connectivity index is 2.06. The number of thiazole rings is 1. The molecule has 1 aromatic heterocycles. The van der Waals surface area contributed by atoms with Crippen LogP contribution in [0.1, 0.15) is 34.6 Å². The van der Waals surface area contributed by atoms with Crippen LogP contribution in [0.5, 0.6) is 17.2 Å². The number of carbonyl (C=O) groups is 2. The first kappa shape index (κ1) is 23.1. The normalized spacial score (nSPS) is 10.5. The number of hydrogen-bond acceptors (Lipinski definition) is 8. The molecule has 1 heterocycles. The number of benzene rings is 2. The molecule has 0 aliphatic rings. The van der Waals surface area contributed by atoms with Crippen molar-refractivity contribution in [2.75, 3.05) is 27.4 Å². The van der Waals surface area contributed by atoms with Crippen LogP contribution in [0.3, 0.4) is 0 Å². The van der Waals surface area contributed by atoms with Gasteiger partial charge in [-0.25, -0.2) is 14.6 Å². The lowest BCUT2D eigenvalue weighted by atomic mass is 10.0. The molecule has 8 nitrogen and oxygen atoms in total. The summed E-state index contributed by atoms with van der Waals surface area (Å²) in [5, 5.41) is 12.1. The molecule has 1 N–H and O–H groups in total. The molecule has 0 saturated heterocycles. The van der Waals surface area contributed by atoms with Crippen LogP contribution in [0, 0.1) is 0 Å². The van der Waals surface area contributed by atoms with Crippen LogP contribution < -0.4 is 14.2 Å². The van der Waals surface area contributed by atoms with Gasteiger partial charge in [-0.3, -0.25) is 0 Å². The molecule has 168 valence electrons. The maximum Gasteiger partial charge on any atom is 0.341 e. The Morgan fingerprint density at radius 2 is 1.66 bits per heavy atom. The topological polar surface area (TPSA) is 104 Å². The average Bonchev–Trinajstić information content (AvgIpc) is 3.29. The summed E-state index contributed by atoms with van der Waals surface area (Å²) in [6.45, 7) is 4.81. The molecule has 0 unspecified atom stereocenters. The number of nitrogens with zero attached hydrogens (tertiary/aromatic N) is 1. The minimum Gasteiger partial charge on any atom is -0.495 e. The molecule has 32 heavy (non-hydrogen) atoms. The molecule has 0 fully saturated rings. The minimum atomic E-state index is -1.22. The standard InChI is InChI=1S/C23H23NO7S/c1-5-30-18-8-7-13(11-19(18)31-6-2)21-24-17(12-32-21)14-9-15(22(25)26)20(28-3)16(10-14)23(27)29-4/h7-12H,5-6H2,1-4H3,(H,25,26). The van der Waals surface area contributed by atoms with Crippen LogP contribution in [0.25, 0.3) is 21.8 Å². The molecule has 3 aromatic rings. The van der Waals surface area contributed by atoms with Crippen LogP contribution in [0.2, 0.25) is 0 Å². The van der Waals surface area contributed by atoms with Gasteiger partial charge < -0.3 is 24.1 Å².